The molecule has 31 heavy (non-hydrogen) atoms. The predicted octanol–water partition coefficient (Wildman–Crippen LogP) is 4.25. The summed E-state index contributed by atoms with van der Waals surface area (Å²) in [6.07, 6.45) is 2.15. The number of thiophene rings is 1. The zero-order valence-electron chi connectivity index (χ0n) is 19.2. The van der Waals surface area contributed by atoms with E-state index in [-0.39, 0.29) is 11.1 Å². The molecule has 2 aliphatic heterocycles. The molecule has 2 saturated heterocycles. The Labute approximate surface area is 192 Å². The molecule has 5 rings (SSSR count). The summed E-state index contributed by atoms with van der Waals surface area (Å²) in [4.78, 5) is 9.43. The van der Waals surface area contributed by atoms with E-state index in [1.807, 2.05) is 25.5 Å². The van der Waals surface area contributed by atoms with Crippen LogP contribution >= 0.6 is 23.1 Å². The quantitative estimate of drug-likeness (QED) is 0.393. The maximum absolute atomic E-state index is 11.9. The molecule has 2 aromatic heterocycles. The lowest BCUT2D eigenvalue weighted by molar-refractivity contribution is -0.274. The Morgan fingerprint density at radius 2 is 1.94 bits per heavy atom. The molecular formula is C21H30N2O5S2Si. The van der Waals surface area contributed by atoms with Crippen molar-refractivity contribution in [3.05, 3.63) is 16.6 Å². The van der Waals surface area contributed by atoms with Gasteiger partial charge in [-0.05, 0) is 38.2 Å². The third-order valence-corrected chi connectivity index (χ3v) is 13.3. The van der Waals surface area contributed by atoms with Crippen LogP contribution in [0.15, 0.2) is 16.7 Å². The van der Waals surface area contributed by atoms with Crippen LogP contribution in [-0.2, 0) is 24.4 Å². The summed E-state index contributed by atoms with van der Waals surface area (Å²) in [5.41, 5.74) is -0.127. The number of hydrogen-bond acceptors (Lipinski definition) is 9. The van der Waals surface area contributed by atoms with E-state index in [1.165, 1.54) is 17.7 Å². The van der Waals surface area contributed by atoms with Gasteiger partial charge in [0.25, 0.3) is 0 Å². The Morgan fingerprint density at radius 3 is 2.58 bits per heavy atom. The highest BCUT2D eigenvalue weighted by molar-refractivity contribution is 7.98. The number of aromatic nitrogens is 2. The third kappa shape index (κ3) is 2.96. The van der Waals surface area contributed by atoms with Gasteiger partial charge in [0.2, 0.25) is 5.79 Å². The highest BCUT2D eigenvalue weighted by Crippen LogP contribution is 2.68. The van der Waals surface area contributed by atoms with Crippen molar-refractivity contribution in [2.45, 2.75) is 93.3 Å². The van der Waals surface area contributed by atoms with Gasteiger partial charge in [0, 0.05) is 10.8 Å². The number of nitrogens with zero attached hydrogens (tertiary/aromatic N) is 2. The Bertz CT molecular complexity index is 1050. The average Bonchev–Trinajstić information content (AvgIpc) is 3.01. The van der Waals surface area contributed by atoms with E-state index in [0.717, 1.165) is 10.4 Å². The van der Waals surface area contributed by atoms with Gasteiger partial charge < -0.3 is 23.7 Å². The SMILES string of the molecule is CSc1ncnc2c(C3(O)OC4C(O[Si](C)(C)C(C)(C)C)C45OC(C)(C)OC35)scc12. The third-order valence-electron chi connectivity index (χ3n) is 7.05. The van der Waals surface area contributed by atoms with E-state index in [2.05, 4.69) is 43.8 Å². The first-order valence-corrected chi connectivity index (χ1v) is 15.5. The van der Waals surface area contributed by atoms with Crippen molar-refractivity contribution < 1.29 is 23.7 Å². The minimum absolute atomic E-state index is 0.0520. The highest BCUT2D eigenvalue weighted by atomic mass is 32.2. The van der Waals surface area contributed by atoms with Crippen LogP contribution in [0.5, 0.6) is 0 Å². The zero-order chi connectivity index (χ0) is 22.6. The average molecular weight is 483 g/mol. The fourth-order valence-electron chi connectivity index (χ4n) is 4.49. The molecule has 4 heterocycles. The molecule has 0 radical (unpaired) electrons. The molecule has 5 atom stereocenters. The fraction of sp³-hybridized carbons (Fsp3) is 0.714. The lowest BCUT2D eigenvalue weighted by Gasteiger charge is -2.38. The number of hydrogen-bond donors (Lipinski definition) is 1. The van der Waals surface area contributed by atoms with Gasteiger partial charge >= 0.3 is 0 Å². The molecular weight excluding hydrogens is 452 g/mol. The summed E-state index contributed by atoms with van der Waals surface area (Å²) in [5, 5.41) is 15.7. The van der Waals surface area contributed by atoms with Gasteiger partial charge in [-0.15, -0.1) is 23.1 Å². The summed E-state index contributed by atoms with van der Waals surface area (Å²) in [5.74, 6) is -2.50. The van der Waals surface area contributed by atoms with Gasteiger partial charge in [-0.25, -0.2) is 9.97 Å². The first-order chi connectivity index (χ1) is 14.3. The minimum Gasteiger partial charge on any atom is -0.408 e. The number of thioether (sulfide) groups is 1. The normalized spacial score (nSPS) is 36.6. The van der Waals surface area contributed by atoms with E-state index in [9.17, 15) is 5.11 Å². The molecule has 2 aromatic rings. The molecule has 3 aliphatic rings. The molecule has 1 aliphatic carbocycles. The summed E-state index contributed by atoms with van der Waals surface area (Å²) >= 11 is 2.97. The van der Waals surface area contributed by atoms with Gasteiger partial charge in [0.1, 0.15) is 23.6 Å². The van der Waals surface area contributed by atoms with Crippen LogP contribution in [0, 0.1) is 0 Å². The van der Waals surface area contributed by atoms with Gasteiger partial charge in [0.05, 0.1) is 10.4 Å². The molecule has 1 saturated carbocycles. The molecule has 10 heteroatoms. The predicted molar refractivity (Wildman–Crippen MR) is 123 cm³/mol. The van der Waals surface area contributed by atoms with Crippen molar-refractivity contribution >= 4 is 42.3 Å². The molecule has 0 aromatic carbocycles. The number of aliphatic hydroxyl groups is 1. The topological polar surface area (TPSA) is 82.9 Å². The molecule has 1 spiro atoms. The second kappa shape index (κ2) is 6.50. The Balaban J connectivity index is 1.54. The maximum Gasteiger partial charge on any atom is 0.235 e. The second-order valence-electron chi connectivity index (χ2n) is 10.6. The van der Waals surface area contributed by atoms with Crippen molar-refractivity contribution in [3.63, 3.8) is 0 Å². The molecule has 3 fully saturated rings. The van der Waals surface area contributed by atoms with Crippen molar-refractivity contribution in [2.24, 2.45) is 0 Å². The Kier molecular flexibility index (Phi) is 4.66. The van der Waals surface area contributed by atoms with Crippen LogP contribution in [-0.4, -0.2) is 59.3 Å². The van der Waals surface area contributed by atoms with Gasteiger partial charge in [-0.3, -0.25) is 0 Å². The molecule has 5 unspecified atom stereocenters. The van der Waals surface area contributed by atoms with Crippen LogP contribution in [0.2, 0.25) is 18.1 Å². The smallest absolute Gasteiger partial charge is 0.235 e. The van der Waals surface area contributed by atoms with Gasteiger partial charge in [0.15, 0.2) is 25.8 Å². The monoisotopic (exact) mass is 482 g/mol. The van der Waals surface area contributed by atoms with E-state index in [1.54, 1.807) is 11.8 Å². The summed E-state index contributed by atoms with van der Waals surface area (Å²) in [6, 6.07) is 0. The zero-order valence-corrected chi connectivity index (χ0v) is 21.8. The van der Waals surface area contributed by atoms with Gasteiger partial charge in [-0.1, -0.05) is 20.8 Å². The van der Waals surface area contributed by atoms with Crippen LogP contribution in [0.25, 0.3) is 10.9 Å². The molecule has 1 N–H and O–H groups in total. The summed E-state index contributed by atoms with van der Waals surface area (Å²) < 4.78 is 25.7. The van der Waals surface area contributed by atoms with Crippen LogP contribution in [0.1, 0.15) is 39.5 Å². The van der Waals surface area contributed by atoms with Crippen molar-refractivity contribution in [1.29, 1.82) is 0 Å². The number of ether oxygens (including phenoxy) is 3. The fourth-order valence-corrected chi connectivity index (χ4v) is 7.45. The molecule has 0 amide bonds. The summed E-state index contributed by atoms with van der Waals surface area (Å²) in [6.45, 7) is 14.8. The second-order valence-corrected chi connectivity index (χ2v) is 17.0. The Hall–Kier alpha value is -0.593. The lowest BCUT2D eigenvalue weighted by Crippen LogP contribution is -2.49. The molecule has 170 valence electrons. The largest absolute Gasteiger partial charge is 0.408 e. The van der Waals surface area contributed by atoms with Crippen molar-refractivity contribution in [1.82, 2.24) is 9.97 Å². The van der Waals surface area contributed by atoms with Crippen molar-refractivity contribution in [2.75, 3.05) is 6.26 Å². The summed E-state index contributed by atoms with van der Waals surface area (Å²) in [7, 11) is -2.07. The molecule has 7 nitrogen and oxygen atoms in total. The van der Waals surface area contributed by atoms with E-state index >= 15 is 0 Å². The Morgan fingerprint density at radius 1 is 1.23 bits per heavy atom. The minimum atomic E-state index is -2.07. The standard InChI is InChI=1S/C21H30N2O5S2Si/c1-18(2,3)31(7,8)27-14-13-20(14)17(26-19(4,5)28-20)21(24,25-13)15-12-11(9-30-15)16(29-6)23-10-22-12/h9-10,13-14,17,24H,1-8H3. The maximum atomic E-state index is 11.9. The van der Waals surface area contributed by atoms with E-state index in [4.69, 9.17) is 18.6 Å². The van der Waals surface area contributed by atoms with E-state index < -0.39 is 37.7 Å². The first-order valence-electron chi connectivity index (χ1n) is 10.5. The highest BCUT2D eigenvalue weighted by Gasteiger charge is 2.88. The van der Waals surface area contributed by atoms with Gasteiger partial charge in [-0.2, -0.15) is 0 Å². The lowest BCUT2D eigenvalue weighted by atomic mass is 10.0. The van der Waals surface area contributed by atoms with E-state index in [0.29, 0.717) is 10.4 Å². The van der Waals surface area contributed by atoms with Crippen LogP contribution in [0.3, 0.4) is 0 Å². The number of rotatable bonds is 4. The van der Waals surface area contributed by atoms with Crippen LogP contribution in [0.4, 0.5) is 0 Å². The first kappa shape index (κ1) is 22.2. The van der Waals surface area contributed by atoms with Crippen LogP contribution < -0.4 is 0 Å². The molecule has 0 bridgehead atoms. The van der Waals surface area contributed by atoms with Crippen molar-refractivity contribution in [3.8, 4) is 0 Å². The number of fused-ring (bicyclic) bond motifs is 1.